The molecule has 4 rings (SSSR count). The van der Waals surface area contributed by atoms with Crippen molar-refractivity contribution in [1.82, 2.24) is 19.4 Å². The molecule has 1 aromatic heterocycles. The Kier molecular flexibility index (Phi) is 5.65. The van der Waals surface area contributed by atoms with E-state index in [0.29, 0.717) is 5.56 Å². The molecule has 0 unspecified atom stereocenters. The van der Waals surface area contributed by atoms with Gasteiger partial charge in [0.1, 0.15) is 5.82 Å². The molecule has 6 heteroatoms. The SMILES string of the molecule is Cc1cccc(C(=O)Nc2ccc3c(c2)nc(CCN2CCN(C)CC2)n3C)c1. The maximum absolute atomic E-state index is 12.5. The van der Waals surface area contributed by atoms with Crippen LogP contribution in [-0.2, 0) is 13.5 Å². The number of rotatable bonds is 5. The largest absolute Gasteiger partial charge is 0.331 e. The number of carbonyl (C=O) groups is 1. The number of likely N-dealkylation sites (N-methyl/N-ethyl adjacent to an activating group) is 1. The topological polar surface area (TPSA) is 53.4 Å². The first-order chi connectivity index (χ1) is 14.0. The van der Waals surface area contributed by atoms with Crippen LogP contribution in [0, 0.1) is 6.92 Å². The van der Waals surface area contributed by atoms with Gasteiger partial charge < -0.3 is 19.7 Å². The van der Waals surface area contributed by atoms with E-state index < -0.39 is 0 Å². The Morgan fingerprint density at radius 2 is 1.86 bits per heavy atom. The Morgan fingerprint density at radius 3 is 2.62 bits per heavy atom. The minimum Gasteiger partial charge on any atom is -0.331 e. The summed E-state index contributed by atoms with van der Waals surface area (Å²) in [6, 6.07) is 13.6. The van der Waals surface area contributed by atoms with E-state index in [9.17, 15) is 4.79 Å². The van der Waals surface area contributed by atoms with E-state index in [1.54, 1.807) is 0 Å². The zero-order valence-corrected chi connectivity index (χ0v) is 17.5. The highest BCUT2D eigenvalue weighted by atomic mass is 16.1. The second-order valence-corrected chi connectivity index (χ2v) is 8.01. The van der Waals surface area contributed by atoms with Gasteiger partial charge >= 0.3 is 0 Å². The second-order valence-electron chi connectivity index (χ2n) is 8.01. The molecule has 29 heavy (non-hydrogen) atoms. The molecule has 2 aromatic carbocycles. The van der Waals surface area contributed by atoms with Gasteiger partial charge in [-0.15, -0.1) is 0 Å². The van der Waals surface area contributed by atoms with Gasteiger partial charge in [-0.2, -0.15) is 0 Å². The van der Waals surface area contributed by atoms with Crippen molar-refractivity contribution in [3.63, 3.8) is 0 Å². The summed E-state index contributed by atoms with van der Waals surface area (Å²) in [5.41, 5.74) is 4.52. The number of anilines is 1. The number of imidazole rings is 1. The minimum absolute atomic E-state index is 0.0979. The van der Waals surface area contributed by atoms with E-state index in [1.165, 1.54) is 0 Å². The molecule has 1 saturated heterocycles. The highest BCUT2D eigenvalue weighted by molar-refractivity contribution is 6.05. The molecule has 0 atom stereocenters. The average molecular weight is 392 g/mol. The molecular weight excluding hydrogens is 362 g/mol. The predicted molar refractivity (Wildman–Crippen MR) is 117 cm³/mol. The molecule has 0 radical (unpaired) electrons. The quantitative estimate of drug-likeness (QED) is 0.727. The number of nitrogens with zero attached hydrogens (tertiary/aromatic N) is 4. The lowest BCUT2D eigenvalue weighted by Gasteiger charge is -2.32. The molecule has 0 bridgehead atoms. The number of carbonyl (C=O) groups excluding carboxylic acids is 1. The van der Waals surface area contributed by atoms with Crippen LogP contribution in [0.5, 0.6) is 0 Å². The van der Waals surface area contributed by atoms with Crippen LogP contribution < -0.4 is 5.32 Å². The summed E-state index contributed by atoms with van der Waals surface area (Å²) >= 11 is 0. The van der Waals surface area contributed by atoms with E-state index in [0.717, 1.165) is 67.3 Å². The number of aryl methyl sites for hydroxylation is 2. The van der Waals surface area contributed by atoms with E-state index >= 15 is 0 Å². The monoisotopic (exact) mass is 391 g/mol. The molecule has 1 aliphatic heterocycles. The fraction of sp³-hybridized carbons (Fsp3) is 0.391. The first-order valence-electron chi connectivity index (χ1n) is 10.2. The molecule has 1 fully saturated rings. The average Bonchev–Trinajstić information content (AvgIpc) is 3.02. The van der Waals surface area contributed by atoms with E-state index in [2.05, 4.69) is 33.8 Å². The molecule has 0 spiro atoms. The van der Waals surface area contributed by atoms with Gasteiger partial charge in [-0.25, -0.2) is 4.98 Å². The third-order valence-corrected chi connectivity index (χ3v) is 5.76. The maximum Gasteiger partial charge on any atom is 0.255 e. The van der Waals surface area contributed by atoms with Crippen LogP contribution in [0.25, 0.3) is 11.0 Å². The van der Waals surface area contributed by atoms with E-state index in [1.807, 2.05) is 49.4 Å². The lowest BCUT2D eigenvalue weighted by Crippen LogP contribution is -2.45. The van der Waals surface area contributed by atoms with Crippen LogP contribution in [-0.4, -0.2) is 65.0 Å². The Balaban J connectivity index is 1.46. The number of hydrogen-bond acceptors (Lipinski definition) is 4. The van der Waals surface area contributed by atoms with Crippen LogP contribution in [0.15, 0.2) is 42.5 Å². The lowest BCUT2D eigenvalue weighted by atomic mass is 10.1. The van der Waals surface area contributed by atoms with Gasteiger partial charge in [-0.3, -0.25) is 4.79 Å². The van der Waals surface area contributed by atoms with Crippen LogP contribution in [0.1, 0.15) is 21.7 Å². The smallest absolute Gasteiger partial charge is 0.255 e. The fourth-order valence-electron chi connectivity index (χ4n) is 3.87. The van der Waals surface area contributed by atoms with Crippen LogP contribution >= 0.6 is 0 Å². The summed E-state index contributed by atoms with van der Waals surface area (Å²) in [6.07, 6.45) is 0.930. The van der Waals surface area contributed by atoms with Crippen LogP contribution in [0.2, 0.25) is 0 Å². The Morgan fingerprint density at radius 1 is 1.07 bits per heavy atom. The number of fused-ring (bicyclic) bond motifs is 1. The number of hydrogen-bond donors (Lipinski definition) is 1. The number of aromatic nitrogens is 2. The summed E-state index contributed by atoms with van der Waals surface area (Å²) in [5.74, 6) is 0.986. The highest BCUT2D eigenvalue weighted by Gasteiger charge is 2.15. The summed E-state index contributed by atoms with van der Waals surface area (Å²) in [4.78, 5) is 22.3. The molecule has 6 nitrogen and oxygen atoms in total. The Bertz CT molecular complexity index is 1020. The molecule has 3 aromatic rings. The second kappa shape index (κ2) is 8.35. The van der Waals surface area contributed by atoms with E-state index in [-0.39, 0.29) is 5.91 Å². The number of nitrogens with one attached hydrogen (secondary N) is 1. The summed E-state index contributed by atoms with van der Waals surface area (Å²) < 4.78 is 2.16. The Labute approximate surface area is 172 Å². The summed E-state index contributed by atoms with van der Waals surface area (Å²) in [5, 5.41) is 2.99. The maximum atomic E-state index is 12.5. The number of amides is 1. The zero-order valence-electron chi connectivity index (χ0n) is 17.5. The van der Waals surface area contributed by atoms with Crippen molar-refractivity contribution in [3.05, 3.63) is 59.4 Å². The summed E-state index contributed by atoms with van der Waals surface area (Å²) in [6.45, 7) is 7.52. The van der Waals surface area contributed by atoms with Crippen molar-refractivity contribution < 1.29 is 4.79 Å². The summed E-state index contributed by atoms with van der Waals surface area (Å²) in [7, 11) is 4.25. The van der Waals surface area contributed by atoms with Gasteiger partial charge in [0.2, 0.25) is 0 Å². The molecule has 1 N–H and O–H groups in total. The first-order valence-corrected chi connectivity index (χ1v) is 10.2. The molecule has 2 heterocycles. The van der Waals surface area contributed by atoms with Crippen molar-refractivity contribution in [1.29, 1.82) is 0 Å². The highest BCUT2D eigenvalue weighted by Crippen LogP contribution is 2.21. The predicted octanol–water partition coefficient (Wildman–Crippen LogP) is 2.92. The van der Waals surface area contributed by atoms with Gasteiger partial charge in [0.25, 0.3) is 5.91 Å². The minimum atomic E-state index is -0.0979. The molecule has 0 saturated carbocycles. The van der Waals surface area contributed by atoms with Crippen molar-refractivity contribution >= 4 is 22.6 Å². The lowest BCUT2D eigenvalue weighted by molar-refractivity contribution is 0.102. The molecule has 0 aliphatic carbocycles. The third kappa shape index (κ3) is 4.49. The van der Waals surface area contributed by atoms with Crippen molar-refractivity contribution in [3.8, 4) is 0 Å². The van der Waals surface area contributed by atoms with Gasteiger partial charge in [0.05, 0.1) is 11.0 Å². The normalized spacial score (nSPS) is 15.7. The number of benzene rings is 2. The van der Waals surface area contributed by atoms with E-state index in [4.69, 9.17) is 4.98 Å². The molecule has 1 aliphatic rings. The molecule has 152 valence electrons. The fourth-order valence-corrected chi connectivity index (χ4v) is 3.87. The molecule has 1 amide bonds. The van der Waals surface area contributed by atoms with Gasteiger partial charge in [-0.1, -0.05) is 17.7 Å². The van der Waals surface area contributed by atoms with Crippen molar-refractivity contribution in [2.24, 2.45) is 7.05 Å². The van der Waals surface area contributed by atoms with Crippen LogP contribution in [0.4, 0.5) is 5.69 Å². The van der Waals surface area contributed by atoms with Gasteiger partial charge in [0.15, 0.2) is 0 Å². The Hall–Kier alpha value is -2.70. The standard InChI is InChI=1S/C23H29N5O/c1-17-5-4-6-18(15-17)23(29)24-19-7-8-21-20(16-19)25-22(27(21)3)9-10-28-13-11-26(2)12-14-28/h4-8,15-16H,9-14H2,1-3H3,(H,24,29). The zero-order chi connectivity index (χ0) is 20.4. The third-order valence-electron chi connectivity index (χ3n) is 5.76. The van der Waals surface area contributed by atoms with Gasteiger partial charge in [-0.05, 0) is 44.3 Å². The first kappa shape index (κ1) is 19.6. The van der Waals surface area contributed by atoms with Crippen molar-refractivity contribution in [2.75, 3.05) is 45.1 Å². The van der Waals surface area contributed by atoms with Crippen molar-refractivity contribution in [2.45, 2.75) is 13.3 Å². The number of piperazine rings is 1. The van der Waals surface area contributed by atoms with Gasteiger partial charge in [0, 0.05) is 57.4 Å². The van der Waals surface area contributed by atoms with Crippen LogP contribution in [0.3, 0.4) is 0 Å². The molecular formula is C23H29N5O.